The Bertz CT molecular complexity index is 1510. The first kappa shape index (κ1) is 33.1. The van der Waals surface area contributed by atoms with Gasteiger partial charge in [0.25, 0.3) is 0 Å². The Hall–Kier alpha value is -3.28. The van der Waals surface area contributed by atoms with Gasteiger partial charge in [-0.3, -0.25) is 14.5 Å². The molecule has 0 bridgehead atoms. The van der Waals surface area contributed by atoms with Crippen molar-refractivity contribution < 1.29 is 22.7 Å². The SMILES string of the molecule is O=C(NCCN1CCOCC1)C(Cc1ccccc1)N(Cc1ccc(Cl)cc1)C(=O)CCc1ccc(S(=O)(=O)NC2CC2)cc1. The van der Waals surface area contributed by atoms with Crippen molar-refractivity contribution in [2.24, 2.45) is 0 Å². The average Bonchev–Trinajstić information content (AvgIpc) is 3.87. The van der Waals surface area contributed by atoms with Crippen LogP contribution >= 0.6 is 11.6 Å². The number of morpholine rings is 1. The number of benzene rings is 3. The lowest BCUT2D eigenvalue weighted by molar-refractivity contribution is -0.141. The molecule has 0 radical (unpaired) electrons. The molecule has 3 aromatic carbocycles. The maximum atomic E-state index is 14.0. The Morgan fingerprint density at radius 1 is 0.911 bits per heavy atom. The van der Waals surface area contributed by atoms with E-state index in [1.165, 1.54) is 0 Å². The molecule has 240 valence electrons. The van der Waals surface area contributed by atoms with Crippen molar-refractivity contribution in [3.63, 3.8) is 0 Å². The van der Waals surface area contributed by atoms with Crippen molar-refractivity contribution in [2.75, 3.05) is 39.4 Å². The predicted molar refractivity (Wildman–Crippen MR) is 174 cm³/mol. The van der Waals surface area contributed by atoms with E-state index in [2.05, 4.69) is 14.9 Å². The highest BCUT2D eigenvalue weighted by Crippen LogP contribution is 2.23. The largest absolute Gasteiger partial charge is 0.379 e. The number of aryl methyl sites for hydroxylation is 1. The lowest BCUT2D eigenvalue weighted by atomic mass is 10.0. The molecule has 2 fully saturated rings. The summed E-state index contributed by atoms with van der Waals surface area (Å²) in [5.41, 5.74) is 2.66. The molecule has 3 aromatic rings. The third-order valence-corrected chi connectivity index (χ3v) is 9.92. The molecule has 1 heterocycles. The van der Waals surface area contributed by atoms with Crippen molar-refractivity contribution in [1.82, 2.24) is 19.8 Å². The van der Waals surface area contributed by atoms with Gasteiger partial charge in [-0.05, 0) is 60.2 Å². The number of carbonyl (C=O) groups is 2. The van der Waals surface area contributed by atoms with Crippen LogP contribution in [0.1, 0.15) is 36.0 Å². The summed E-state index contributed by atoms with van der Waals surface area (Å²) in [6.45, 7) is 4.45. The summed E-state index contributed by atoms with van der Waals surface area (Å²) in [6, 6.07) is 23.0. The highest BCUT2D eigenvalue weighted by Gasteiger charge is 2.31. The van der Waals surface area contributed by atoms with E-state index >= 15 is 0 Å². The number of hydrogen-bond donors (Lipinski definition) is 2. The van der Waals surface area contributed by atoms with Gasteiger partial charge in [0.2, 0.25) is 21.8 Å². The number of nitrogens with one attached hydrogen (secondary N) is 2. The molecule has 1 atom stereocenters. The fourth-order valence-corrected chi connectivity index (χ4v) is 6.77. The van der Waals surface area contributed by atoms with Crippen LogP contribution in [0.15, 0.2) is 83.8 Å². The summed E-state index contributed by atoms with van der Waals surface area (Å²) in [5.74, 6) is -0.367. The molecule has 1 saturated heterocycles. The van der Waals surface area contributed by atoms with Gasteiger partial charge in [-0.2, -0.15) is 0 Å². The van der Waals surface area contributed by atoms with Crippen LogP contribution in [-0.2, 0) is 43.7 Å². The second kappa shape index (κ2) is 15.8. The second-order valence-electron chi connectivity index (χ2n) is 11.6. The van der Waals surface area contributed by atoms with Crippen LogP contribution in [0.5, 0.6) is 0 Å². The monoisotopic (exact) mass is 652 g/mol. The van der Waals surface area contributed by atoms with Gasteiger partial charge in [-0.1, -0.05) is 66.2 Å². The lowest BCUT2D eigenvalue weighted by Gasteiger charge is -2.32. The molecule has 5 rings (SSSR count). The van der Waals surface area contributed by atoms with Crippen molar-refractivity contribution in [2.45, 2.75) is 55.6 Å². The van der Waals surface area contributed by atoms with Gasteiger partial charge in [-0.25, -0.2) is 13.1 Å². The molecule has 2 amide bonds. The highest BCUT2D eigenvalue weighted by molar-refractivity contribution is 7.89. The highest BCUT2D eigenvalue weighted by atomic mass is 35.5. The molecule has 1 unspecified atom stereocenters. The summed E-state index contributed by atoms with van der Waals surface area (Å²) in [7, 11) is -3.55. The Morgan fingerprint density at radius 2 is 1.58 bits per heavy atom. The van der Waals surface area contributed by atoms with Gasteiger partial charge >= 0.3 is 0 Å². The van der Waals surface area contributed by atoms with Gasteiger partial charge < -0.3 is 15.0 Å². The van der Waals surface area contributed by atoms with Crippen molar-refractivity contribution in [3.8, 4) is 0 Å². The number of rotatable bonds is 15. The third kappa shape index (κ3) is 10.1. The van der Waals surface area contributed by atoms with Crippen molar-refractivity contribution >= 4 is 33.4 Å². The third-order valence-electron chi connectivity index (χ3n) is 8.13. The van der Waals surface area contributed by atoms with E-state index in [1.54, 1.807) is 41.3 Å². The Morgan fingerprint density at radius 3 is 2.24 bits per heavy atom. The zero-order chi connectivity index (χ0) is 31.6. The topological polar surface area (TPSA) is 108 Å². The van der Waals surface area contributed by atoms with E-state index in [0.29, 0.717) is 44.2 Å². The van der Waals surface area contributed by atoms with Crippen LogP contribution in [0.25, 0.3) is 0 Å². The zero-order valence-electron chi connectivity index (χ0n) is 25.4. The number of ether oxygens (including phenoxy) is 1. The van der Waals surface area contributed by atoms with Gasteiger partial charge in [0.1, 0.15) is 6.04 Å². The van der Waals surface area contributed by atoms with Crippen LogP contribution in [0.2, 0.25) is 5.02 Å². The van der Waals surface area contributed by atoms with E-state index in [4.69, 9.17) is 16.3 Å². The van der Waals surface area contributed by atoms with Crippen LogP contribution in [0.3, 0.4) is 0 Å². The Labute approximate surface area is 270 Å². The van der Waals surface area contributed by atoms with Crippen LogP contribution in [-0.4, -0.2) is 81.5 Å². The maximum Gasteiger partial charge on any atom is 0.243 e. The summed E-state index contributed by atoms with van der Waals surface area (Å²) < 4.78 is 33.3. The normalized spacial score (nSPS) is 16.2. The number of nitrogens with zero attached hydrogens (tertiary/aromatic N) is 2. The molecule has 11 heteroatoms. The van der Waals surface area contributed by atoms with E-state index in [-0.39, 0.29) is 35.7 Å². The van der Waals surface area contributed by atoms with Crippen LogP contribution < -0.4 is 10.0 Å². The quantitative estimate of drug-likeness (QED) is 0.259. The first-order valence-electron chi connectivity index (χ1n) is 15.5. The average molecular weight is 653 g/mol. The Kier molecular flexibility index (Phi) is 11.6. The summed E-state index contributed by atoms with van der Waals surface area (Å²) in [4.78, 5) is 32.0. The molecular formula is C34H41ClN4O5S. The van der Waals surface area contributed by atoms with Gasteiger partial charge in [0.15, 0.2) is 0 Å². The molecule has 2 aliphatic rings. The smallest absolute Gasteiger partial charge is 0.243 e. The van der Waals surface area contributed by atoms with Gasteiger partial charge in [0, 0.05) is 56.6 Å². The predicted octanol–water partition coefficient (Wildman–Crippen LogP) is 3.80. The minimum atomic E-state index is -3.55. The standard InChI is InChI=1S/C34H41ClN4O5S/c35-29-11-6-28(7-12-29)25-39(33(40)17-10-26-8-15-31(16-9-26)45(42,43)37-30-13-14-30)32(24-27-4-2-1-3-5-27)34(41)36-18-19-38-20-22-44-23-21-38/h1-9,11-12,15-16,30,32,37H,10,13-14,17-25H2,(H,36,41). The molecule has 0 spiro atoms. The summed E-state index contributed by atoms with van der Waals surface area (Å²) in [6.07, 6.45) is 2.66. The van der Waals surface area contributed by atoms with E-state index in [9.17, 15) is 18.0 Å². The first-order valence-corrected chi connectivity index (χ1v) is 17.4. The molecular weight excluding hydrogens is 612 g/mol. The molecule has 1 aliphatic carbocycles. The molecule has 1 aliphatic heterocycles. The molecule has 9 nitrogen and oxygen atoms in total. The van der Waals surface area contributed by atoms with Gasteiger partial charge in [-0.15, -0.1) is 0 Å². The Balaban J connectivity index is 1.32. The van der Waals surface area contributed by atoms with Crippen LogP contribution in [0, 0.1) is 0 Å². The number of hydrogen-bond acceptors (Lipinski definition) is 6. The van der Waals surface area contributed by atoms with E-state index in [0.717, 1.165) is 42.6 Å². The molecule has 2 N–H and O–H groups in total. The second-order valence-corrected chi connectivity index (χ2v) is 13.8. The molecule has 0 aromatic heterocycles. The number of sulfonamides is 1. The first-order chi connectivity index (χ1) is 21.8. The minimum Gasteiger partial charge on any atom is -0.379 e. The van der Waals surface area contributed by atoms with Crippen molar-refractivity contribution in [3.05, 3.63) is 101 Å². The van der Waals surface area contributed by atoms with E-state index < -0.39 is 16.1 Å². The lowest BCUT2D eigenvalue weighted by Crippen LogP contribution is -2.52. The maximum absolute atomic E-state index is 14.0. The molecule has 45 heavy (non-hydrogen) atoms. The van der Waals surface area contributed by atoms with E-state index in [1.807, 2.05) is 42.5 Å². The minimum absolute atomic E-state index is 0.0271. The van der Waals surface area contributed by atoms with Crippen molar-refractivity contribution in [1.29, 1.82) is 0 Å². The number of amides is 2. The fraction of sp³-hybridized carbons (Fsp3) is 0.412. The number of carbonyl (C=O) groups excluding carboxylic acids is 2. The fourth-order valence-electron chi connectivity index (χ4n) is 5.34. The van der Waals surface area contributed by atoms with Crippen LogP contribution in [0.4, 0.5) is 0 Å². The summed E-state index contributed by atoms with van der Waals surface area (Å²) in [5, 5.41) is 3.69. The van der Waals surface area contributed by atoms with Gasteiger partial charge in [0.05, 0.1) is 18.1 Å². The summed E-state index contributed by atoms with van der Waals surface area (Å²) >= 11 is 6.14. The zero-order valence-corrected chi connectivity index (χ0v) is 26.9. The molecule has 1 saturated carbocycles. The number of halogens is 1.